The van der Waals surface area contributed by atoms with Gasteiger partial charge >= 0.3 is 6.03 Å². The molecular formula is C15H26ClN7O3S. The van der Waals surface area contributed by atoms with Gasteiger partial charge in [-0.25, -0.2) is 24.6 Å². The largest absolute Gasteiger partial charge is 0.356 e. The van der Waals surface area contributed by atoms with Crippen LogP contribution in [-0.4, -0.2) is 56.0 Å². The van der Waals surface area contributed by atoms with Crippen molar-refractivity contribution in [2.24, 2.45) is 10.6 Å². The Balaban J connectivity index is 0.00000261. The number of halogens is 1. The first-order valence-corrected chi connectivity index (χ1v) is 10.1. The van der Waals surface area contributed by atoms with E-state index in [-0.39, 0.29) is 23.9 Å². The summed E-state index contributed by atoms with van der Waals surface area (Å²) >= 11 is 0. The van der Waals surface area contributed by atoms with Crippen molar-refractivity contribution < 1.29 is 13.2 Å². The zero-order valence-corrected chi connectivity index (χ0v) is 17.1. The summed E-state index contributed by atoms with van der Waals surface area (Å²) < 4.78 is 24.4. The molecule has 2 amide bonds. The summed E-state index contributed by atoms with van der Waals surface area (Å²) in [7, 11) is -1.91. The lowest BCUT2D eigenvalue weighted by Crippen LogP contribution is -2.43. The number of piperidine rings is 1. The molecule has 0 unspecified atom stereocenters. The van der Waals surface area contributed by atoms with Gasteiger partial charge in [0, 0.05) is 26.7 Å². The van der Waals surface area contributed by atoms with Crippen molar-refractivity contribution >= 4 is 40.3 Å². The number of urea groups is 1. The van der Waals surface area contributed by atoms with Gasteiger partial charge in [0.1, 0.15) is 18.0 Å². The molecule has 0 bridgehead atoms. The number of anilines is 2. The van der Waals surface area contributed by atoms with E-state index < -0.39 is 10.2 Å². The number of aromatic nitrogens is 2. The number of hydrogen-bond acceptors (Lipinski definition) is 6. The van der Waals surface area contributed by atoms with Crippen molar-refractivity contribution in [1.29, 1.82) is 0 Å². The van der Waals surface area contributed by atoms with E-state index in [1.165, 1.54) is 6.33 Å². The molecule has 0 aliphatic carbocycles. The summed E-state index contributed by atoms with van der Waals surface area (Å²) in [5.41, 5.74) is 0.973. The van der Waals surface area contributed by atoms with Gasteiger partial charge in [0.25, 0.3) is 10.2 Å². The third kappa shape index (κ3) is 5.18. The van der Waals surface area contributed by atoms with Crippen LogP contribution >= 0.6 is 12.4 Å². The number of amides is 2. The van der Waals surface area contributed by atoms with E-state index in [0.29, 0.717) is 18.9 Å². The highest BCUT2D eigenvalue weighted by Crippen LogP contribution is 2.37. The molecule has 1 aromatic heterocycles. The molecule has 3 heterocycles. The highest BCUT2D eigenvalue weighted by molar-refractivity contribution is 7.87. The van der Waals surface area contributed by atoms with Crippen LogP contribution in [0.4, 0.5) is 16.4 Å². The molecule has 1 saturated heterocycles. The predicted octanol–water partition coefficient (Wildman–Crippen LogP) is 0.665. The minimum absolute atomic E-state index is 0. The fourth-order valence-corrected chi connectivity index (χ4v) is 3.82. The molecule has 2 aliphatic heterocycles. The number of nitrogens with one attached hydrogen (secondary N) is 2. The van der Waals surface area contributed by atoms with Crippen LogP contribution in [0.25, 0.3) is 0 Å². The number of nitrogens with zero attached hydrogens (tertiary/aromatic N) is 4. The van der Waals surface area contributed by atoms with Crippen LogP contribution in [-0.2, 0) is 16.8 Å². The molecule has 10 nitrogen and oxygen atoms in total. The Bertz CT molecular complexity index is 797. The first-order valence-electron chi connectivity index (χ1n) is 8.55. The quantitative estimate of drug-likeness (QED) is 0.642. The van der Waals surface area contributed by atoms with Crippen LogP contribution < -0.4 is 20.1 Å². The van der Waals surface area contributed by atoms with E-state index in [1.54, 1.807) is 11.9 Å². The summed E-state index contributed by atoms with van der Waals surface area (Å²) in [6.45, 7) is 4.61. The maximum atomic E-state index is 11.8. The van der Waals surface area contributed by atoms with Crippen LogP contribution in [0.1, 0.15) is 31.7 Å². The zero-order chi connectivity index (χ0) is 18.9. The molecule has 0 atom stereocenters. The first kappa shape index (κ1) is 21.6. The van der Waals surface area contributed by atoms with Crippen molar-refractivity contribution in [3.8, 4) is 0 Å². The van der Waals surface area contributed by atoms with Crippen molar-refractivity contribution in [2.45, 2.75) is 32.7 Å². The maximum absolute atomic E-state index is 11.8. The molecule has 0 aromatic carbocycles. The Morgan fingerprint density at radius 2 is 2.00 bits per heavy atom. The third-order valence-electron chi connectivity index (χ3n) is 5.19. The Morgan fingerprint density at radius 1 is 1.33 bits per heavy atom. The maximum Gasteiger partial charge on any atom is 0.323 e. The fourth-order valence-electron chi connectivity index (χ4n) is 3.44. The number of nitrogens with two attached hydrogens (primary N) is 1. The monoisotopic (exact) mass is 419 g/mol. The lowest BCUT2D eigenvalue weighted by molar-refractivity contribution is 0.217. The van der Waals surface area contributed by atoms with E-state index in [4.69, 9.17) is 5.14 Å². The minimum Gasteiger partial charge on any atom is -0.356 e. The second-order valence-electron chi connectivity index (χ2n) is 7.30. The number of carbonyl (C=O) groups excluding carboxylic acids is 1. The number of rotatable bonds is 5. The molecule has 2 aliphatic rings. The van der Waals surface area contributed by atoms with Crippen molar-refractivity contribution in [3.63, 3.8) is 0 Å². The van der Waals surface area contributed by atoms with Crippen LogP contribution in [0.3, 0.4) is 0 Å². The second kappa shape index (κ2) is 8.13. The molecule has 27 heavy (non-hydrogen) atoms. The lowest BCUT2D eigenvalue weighted by Gasteiger charge is -2.41. The van der Waals surface area contributed by atoms with Crippen LogP contribution in [0.2, 0.25) is 0 Å². The molecule has 4 N–H and O–H groups in total. The van der Waals surface area contributed by atoms with Crippen LogP contribution in [0.5, 0.6) is 0 Å². The van der Waals surface area contributed by atoms with Crippen LogP contribution in [0, 0.1) is 5.41 Å². The molecule has 0 saturated carbocycles. The van der Waals surface area contributed by atoms with E-state index in [0.717, 1.165) is 43.7 Å². The van der Waals surface area contributed by atoms with Gasteiger partial charge in [-0.2, -0.15) is 8.42 Å². The molecular weight excluding hydrogens is 394 g/mol. The highest BCUT2D eigenvalue weighted by Gasteiger charge is 2.33. The normalized spacial score (nSPS) is 19.1. The van der Waals surface area contributed by atoms with Gasteiger partial charge in [-0.1, -0.05) is 6.92 Å². The zero-order valence-electron chi connectivity index (χ0n) is 15.4. The van der Waals surface area contributed by atoms with Gasteiger partial charge in [-0.05, 0) is 24.7 Å². The van der Waals surface area contributed by atoms with Gasteiger partial charge in [0.15, 0.2) is 0 Å². The van der Waals surface area contributed by atoms with Crippen LogP contribution in [0.15, 0.2) is 6.33 Å². The summed E-state index contributed by atoms with van der Waals surface area (Å²) in [5.74, 6) is 1.43. The Hall–Kier alpha value is -1.69. The van der Waals surface area contributed by atoms with Gasteiger partial charge < -0.3 is 9.80 Å². The average molecular weight is 420 g/mol. The van der Waals surface area contributed by atoms with Crippen molar-refractivity contribution in [3.05, 3.63) is 11.9 Å². The topological polar surface area (TPSA) is 134 Å². The molecule has 1 fully saturated rings. The Morgan fingerprint density at radius 3 is 2.63 bits per heavy atom. The first-order chi connectivity index (χ1) is 12.2. The summed E-state index contributed by atoms with van der Waals surface area (Å²) in [5, 5.41) is 7.76. The van der Waals surface area contributed by atoms with E-state index >= 15 is 0 Å². The molecule has 0 spiro atoms. The molecule has 1 aromatic rings. The number of carbonyl (C=O) groups is 1. The van der Waals surface area contributed by atoms with Crippen molar-refractivity contribution in [1.82, 2.24) is 19.6 Å². The average Bonchev–Trinajstić information content (AvgIpc) is 2.55. The predicted molar refractivity (Wildman–Crippen MR) is 105 cm³/mol. The summed E-state index contributed by atoms with van der Waals surface area (Å²) in [6, 6.07) is -0.171. The van der Waals surface area contributed by atoms with E-state index in [2.05, 4.69) is 31.8 Å². The fraction of sp³-hybridized carbons (Fsp3) is 0.667. The highest BCUT2D eigenvalue weighted by atomic mass is 35.5. The van der Waals surface area contributed by atoms with Crippen molar-refractivity contribution in [2.75, 3.05) is 36.9 Å². The SMILES string of the molecule is CN1Cc2c(ncnc2N2CCC(C)(CCNS(N)(=O)=O)CC2)NC1=O.Cl. The molecule has 152 valence electrons. The summed E-state index contributed by atoms with van der Waals surface area (Å²) in [4.78, 5) is 24.2. The minimum atomic E-state index is -3.64. The Labute approximate surface area is 165 Å². The smallest absolute Gasteiger partial charge is 0.323 e. The molecule has 12 heteroatoms. The van der Waals surface area contributed by atoms with E-state index in [9.17, 15) is 13.2 Å². The third-order valence-corrected chi connectivity index (χ3v) is 5.80. The van der Waals surface area contributed by atoms with Gasteiger partial charge in [-0.3, -0.25) is 5.32 Å². The molecule has 3 rings (SSSR count). The van der Waals surface area contributed by atoms with Gasteiger partial charge in [0.2, 0.25) is 0 Å². The van der Waals surface area contributed by atoms with Gasteiger partial charge in [-0.15, -0.1) is 12.4 Å². The number of hydrogen-bond donors (Lipinski definition) is 3. The number of fused-ring (bicyclic) bond motifs is 1. The Kier molecular flexibility index (Phi) is 6.51. The van der Waals surface area contributed by atoms with Gasteiger partial charge in [0.05, 0.1) is 12.1 Å². The summed E-state index contributed by atoms with van der Waals surface area (Å²) in [6.07, 6.45) is 4.04. The lowest BCUT2D eigenvalue weighted by atomic mass is 9.77. The second-order valence-corrected chi connectivity index (χ2v) is 8.68. The standard InChI is InChI=1S/C15H25N7O3S.ClH/c1-15(3-6-19-26(16,24)25)4-7-22(8-5-15)13-11-9-21(2)14(23)20-12(11)17-10-18-13;/h10,19H,3-9H2,1-2H3,(H2,16,24,25)(H,17,18,20,23);1H. The molecule has 0 radical (unpaired) electrons. The van der Waals surface area contributed by atoms with E-state index in [1.807, 2.05) is 0 Å².